The van der Waals surface area contributed by atoms with Crippen molar-refractivity contribution in [3.63, 3.8) is 0 Å². The van der Waals surface area contributed by atoms with Crippen LogP contribution in [0.4, 0.5) is 22.4 Å². The number of rotatable bonds is 5. The van der Waals surface area contributed by atoms with Crippen LogP contribution >= 0.6 is 0 Å². The molecule has 37 heavy (non-hydrogen) atoms. The van der Waals surface area contributed by atoms with E-state index >= 15 is 0 Å². The maximum atomic E-state index is 13.7. The summed E-state index contributed by atoms with van der Waals surface area (Å²) in [4.78, 5) is 17.2. The van der Waals surface area contributed by atoms with Crippen molar-refractivity contribution in [2.45, 2.75) is 50.5 Å². The van der Waals surface area contributed by atoms with E-state index in [0.717, 1.165) is 68.6 Å². The van der Waals surface area contributed by atoms with E-state index in [2.05, 4.69) is 10.2 Å². The first-order valence-corrected chi connectivity index (χ1v) is 12.7. The van der Waals surface area contributed by atoms with E-state index < -0.39 is 11.7 Å². The third-order valence-electron chi connectivity index (χ3n) is 7.32. The number of amides is 2. The molecule has 9 heteroatoms. The molecule has 2 fully saturated rings. The van der Waals surface area contributed by atoms with Crippen molar-refractivity contribution < 1.29 is 22.4 Å². The molecular formula is C28H30F4N4O. The monoisotopic (exact) mass is 514 g/mol. The van der Waals surface area contributed by atoms with Crippen LogP contribution in [0.15, 0.2) is 67.0 Å². The van der Waals surface area contributed by atoms with Crippen LogP contribution in [0.5, 0.6) is 0 Å². The molecule has 5 rings (SSSR count). The second kappa shape index (κ2) is 10.6. The molecule has 1 atom stereocenters. The van der Waals surface area contributed by atoms with Crippen molar-refractivity contribution in [2.24, 2.45) is 0 Å². The number of hydrogen-bond acceptors (Lipinski definition) is 2. The van der Waals surface area contributed by atoms with E-state index in [9.17, 15) is 22.4 Å². The number of carbonyl (C=O) groups is 1. The van der Waals surface area contributed by atoms with Crippen molar-refractivity contribution in [3.8, 4) is 5.69 Å². The summed E-state index contributed by atoms with van der Waals surface area (Å²) >= 11 is 0. The van der Waals surface area contributed by atoms with Gasteiger partial charge in [0, 0.05) is 50.3 Å². The van der Waals surface area contributed by atoms with Gasteiger partial charge in [-0.3, -0.25) is 4.90 Å². The number of aromatic nitrogens is 1. The van der Waals surface area contributed by atoms with Gasteiger partial charge in [0.15, 0.2) is 0 Å². The van der Waals surface area contributed by atoms with Gasteiger partial charge in [0.1, 0.15) is 5.82 Å². The zero-order valence-corrected chi connectivity index (χ0v) is 20.4. The number of piperidine rings is 1. The average molecular weight is 515 g/mol. The number of alkyl halides is 3. The highest BCUT2D eigenvalue weighted by molar-refractivity contribution is 5.75. The summed E-state index contributed by atoms with van der Waals surface area (Å²) in [7, 11) is 0. The molecular weight excluding hydrogens is 484 g/mol. The van der Waals surface area contributed by atoms with Crippen LogP contribution < -0.4 is 5.32 Å². The van der Waals surface area contributed by atoms with Gasteiger partial charge in [-0.05, 0) is 79.3 Å². The first-order chi connectivity index (χ1) is 17.8. The Hall–Kier alpha value is -3.33. The lowest BCUT2D eigenvalue weighted by Crippen LogP contribution is -2.48. The maximum Gasteiger partial charge on any atom is 0.416 e. The zero-order valence-electron chi connectivity index (χ0n) is 20.4. The van der Waals surface area contributed by atoms with Crippen molar-refractivity contribution in [1.29, 1.82) is 0 Å². The number of nitrogens with zero attached hydrogens (tertiary/aromatic N) is 3. The van der Waals surface area contributed by atoms with E-state index in [-0.39, 0.29) is 23.9 Å². The standard InChI is InChI=1S/C28H30F4N4O/c29-23-4-1-3-21(17-23)26-5-2-13-36(26)27(37)33-24-11-14-34(15-12-24)18-20-10-16-35(19-20)25-8-6-22(7-9-25)28(30,31)32/h1,3-4,6-10,16-17,19,24,26H,2,5,11-15,18H2,(H,33,37)/t26-/m0/s1. The minimum atomic E-state index is -4.34. The van der Waals surface area contributed by atoms with Crippen LogP contribution in [-0.2, 0) is 12.7 Å². The van der Waals surface area contributed by atoms with Crippen molar-refractivity contribution >= 4 is 6.03 Å². The number of halogens is 4. The molecule has 0 spiro atoms. The van der Waals surface area contributed by atoms with Crippen molar-refractivity contribution in [2.75, 3.05) is 19.6 Å². The van der Waals surface area contributed by atoms with E-state index in [1.54, 1.807) is 6.07 Å². The Morgan fingerprint density at radius 3 is 2.43 bits per heavy atom. The van der Waals surface area contributed by atoms with Gasteiger partial charge in [0.2, 0.25) is 0 Å². The van der Waals surface area contributed by atoms with Gasteiger partial charge in [0.05, 0.1) is 11.6 Å². The highest BCUT2D eigenvalue weighted by atomic mass is 19.4. The molecule has 0 aliphatic carbocycles. The predicted molar refractivity (Wildman–Crippen MR) is 133 cm³/mol. The molecule has 5 nitrogen and oxygen atoms in total. The van der Waals surface area contributed by atoms with E-state index in [1.807, 2.05) is 34.0 Å². The highest BCUT2D eigenvalue weighted by Crippen LogP contribution is 2.32. The Balaban J connectivity index is 1.11. The molecule has 0 bridgehead atoms. The lowest BCUT2D eigenvalue weighted by atomic mass is 10.0. The number of likely N-dealkylation sites (tertiary alicyclic amines) is 2. The predicted octanol–water partition coefficient (Wildman–Crippen LogP) is 6.15. The summed E-state index contributed by atoms with van der Waals surface area (Å²) in [6.07, 6.45) is 2.87. The zero-order chi connectivity index (χ0) is 26.0. The fourth-order valence-electron chi connectivity index (χ4n) is 5.34. The number of urea groups is 1. The molecule has 0 radical (unpaired) electrons. The van der Waals surface area contributed by atoms with Gasteiger partial charge in [-0.2, -0.15) is 13.2 Å². The molecule has 2 aliphatic rings. The lowest BCUT2D eigenvalue weighted by Gasteiger charge is -2.34. The molecule has 2 saturated heterocycles. The molecule has 2 amide bonds. The first kappa shape index (κ1) is 25.3. The lowest BCUT2D eigenvalue weighted by molar-refractivity contribution is -0.137. The third kappa shape index (κ3) is 5.98. The summed E-state index contributed by atoms with van der Waals surface area (Å²) in [5, 5.41) is 3.18. The molecule has 2 aromatic carbocycles. The summed E-state index contributed by atoms with van der Waals surface area (Å²) in [6, 6.07) is 13.5. The van der Waals surface area contributed by atoms with Crippen LogP contribution in [0, 0.1) is 5.82 Å². The van der Waals surface area contributed by atoms with E-state index in [0.29, 0.717) is 12.2 Å². The summed E-state index contributed by atoms with van der Waals surface area (Å²) in [5.74, 6) is -0.285. The van der Waals surface area contributed by atoms with E-state index in [4.69, 9.17) is 0 Å². The van der Waals surface area contributed by atoms with Gasteiger partial charge in [0.25, 0.3) is 0 Å². The second-order valence-corrected chi connectivity index (χ2v) is 9.88. The van der Waals surface area contributed by atoms with Crippen LogP contribution in [0.1, 0.15) is 48.4 Å². The Labute approximate surface area is 213 Å². The second-order valence-electron chi connectivity index (χ2n) is 9.88. The molecule has 0 unspecified atom stereocenters. The average Bonchev–Trinajstić information content (AvgIpc) is 3.55. The van der Waals surface area contributed by atoms with Gasteiger partial charge in [-0.25, -0.2) is 9.18 Å². The smallest absolute Gasteiger partial charge is 0.335 e. The largest absolute Gasteiger partial charge is 0.416 e. The van der Waals surface area contributed by atoms with Gasteiger partial charge < -0.3 is 14.8 Å². The van der Waals surface area contributed by atoms with Crippen LogP contribution in [0.25, 0.3) is 5.69 Å². The number of carbonyl (C=O) groups excluding carboxylic acids is 1. The molecule has 2 aliphatic heterocycles. The Kier molecular flexibility index (Phi) is 7.24. The minimum absolute atomic E-state index is 0.0844. The van der Waals surface area contributed by atoms with Gasteiger partial charge in [-0.1, -0.05) is 12.1 Å². The molecule has 0 saturated carbocycles. The van der Waals surface area contributed by atoms with Crippen molar-refractivity contribution in [1.82, 2.24) is 19.7 Å². The Bertz CT molecular complexity index is 1220. The highest BCUT2D eigenvalue weighted by Gasteiger charge is 2.32. The van der Waals surface area contributed by atoms with Crippen LogP contribution in [0.3, 0.4) is 0 Å². The van der Waals surface area contributed by atoms with Crippen LogP contribution in [-0.4, -0.2) is 46.1 Å². The number of nitrogens with one attached hydrogen (secondary N) is 1. The molecule has 1 N–H and O–H groups in total. The van der Waals surface area contributed by atoms with Crippen molar-refractivity contribution in [3.05, 3.63) is 89.5 Å². The minimum Gasteiger partial charge on any atom is -0.335 e. The summed E-state index contributed by atoms with van der Waals surface area (Å²) < 4.78 is 54.0. The Morgan fingerprint density at radius 2 is 1.73 bits per heavy atom. The maximum absolute atomic E-state index is 13.7. The SMILES string of the molecule is O=C(NC1CCN(Cc2ccn(-c3ccc(C(F)(F)F)cc3)c2)CC1)N1CCC[C@H]1c1cccc(F)c1. The Morgan fingerprint density at radius 1 is 0.973 bits per heavy atom. The van der Waals surface area contributed by atoms with E-state index in [1.165, 1.54) is 24.3 Å². The van der Waals surface area contributed by atoms with Crippen LogP contribution in [0.2, 0.25) is 0 Å². The summed E-state index contributed by atoms with van der Waals surface area (Å²) in [6.45, 7) is 3.08. The number of hydrogen-bond donors (Lipinski definition) is 1. The number of benzene rings is 2. The normalized spacial score (nSPS) is 19.4. The fraction of sp³-hybridized carbons (Fsp3) is 0.393. The topological polar surface area (TPSA) is 40.5 Å². The fourth-order valence-corrected chi connectivity index (χ4v) is 5.34. The first-order valence-electron chi connectivity index (χ1n) is 12.7. The molecule has 3 aromatic rings. The summed E-state index contributed by atoms with van der Waals surface area (Å²) in [5.41, 5.74) is 1.94. The third-order valence-corrected chi connectivity index (χ3v) is 7.32. The quantitative estimate of drug-likeness (QED) is 0.415. The van der Waals surface area contributed by atoms with Gasteiger partial charge in [-0.15, -0.1) is 0 Å². The molecule has 1 aromatic heterocycles. The van der Waals surface area contributed by atoms with Gasteiger partial charge >= 0.3 is 12.2 Å². The molecule has 3 heterocycles. The molecule has 196 valence electrons.